The first-order valence-corrected chi connectivity index (χ1v) is 8.51. The van der Waals surface area contributed by atoms with Crippen molar-refractivity contribution in [2.45, 2.75) is 25.5 Å². The van der Waals surface area contributed by atoms with E-state index in [2.05, 4.69) is 23.2 Å². The second-order valence-electron chi connectivity index (χ2n) is 6.88. The fourth-order valence-corrected chi connectivity index (χ4v) is 4.17. The molecule has 0 saturated carbocycles. The number of pyridine rings is 1. The van der Waals surface area contributed by atoms with E-state index in [0.29, 0.717) is 5.92 Å². The Hall–Kier alpha value is -1.81. The predicted molar refractivity (Wildman–Crippen MR) is 93.9 cm³/mol. The third-order valence-corrected chi connectivity index (χ3v) is 5.01. The molecule has 1 aliphatic carbocycles. The molecule has 2 unspecified atom stereocenters. The van der Waals surface area contributed by atoms with Crippen LogP contribution >= 0.6 is 0 Å². The highest BCUT2D eigenvalue weighted by atomic mass is 16.5. The zero-order valence-electron chi connectivity index (χ0n) is 13.6. The summed E-state index contributed by atoms with van der Waals surface area (Å²) in [6.07, 6.45) is 7.11. The van der Waals surface area contributed by atoms with Crippen LogP contribution in [0.4, 0.5) is 0 Å². The summed E-state index contributed by atoms with van der Waals surface area (Å²) in [5.74, 6) is 2.13. The van der Waals surface area contributed by atoms with Crippen LogP contribution in [0.15, 0.2) is 48.0 Å². The summed E-state index contributed by atoms with van der Waals surface area (Å²) in [6.45, 7) is 1.07. The Morgan fingerprint density at radius 2 is 2.09 bits per heavy atom. The molecule has 3 nitrogen and oxygen atoms in total. The average Bonchev–Trinajstić information content (AvgIpc) is 2.54. The highest BCUT2D eigenvalue weighted by Gasteiger charge is 2.36. The Kier molecular flexibility index (Phi) is 4.09. The van der Waals surface area contributed by atoms with Gasteiger partial charge >= 0.3 is 6.92 Å². The minimum atomic E-state index is 0.285. The fraction of sp³-hybridized carbons (Fsp3) is 0.421. The van der Waals surface area contributed by atoms with E-state index < -0.39 is 0 Å². The topological polar surface area (TPSA) is 31.4 Å². The quantitative estimate of drug-likeness (QED) is 0.626. The van der Waals surface area contributed by atoms with Gasteiger partial charge in [-0.05, 0) is 61.1 Å². The van der Waals surface area contributed by atoms with E-state index in [0.717, 1.165) is 48.4 Å². The first-order chi connectivity index (χ1) is 11.3. The molecule has 118 valence electrons. The monoisotopic (exact) mass is 307 g/mol. The lowest BCUT2D eigenvalue weighted by Gasteiger charge is -2.36. The zero-order valence-corrected chi connectivity index (χ0v) is 13.6. The van der Waals surface area contributed by atoms with E-state index in [1.165, 1.54) is 12.0 Å². The van der Waals surface area contributed by atoms with Crippen molar-refractivity contribution in [2.24, 2.45) is 11.8 Å². The number of hydrogen-bond acceptors (Lipinski definition) is 3. The molecule has 2 heterocycles. The molecule has 1 saturated heterocycles. The predicted octanol–water partition coefficient (Wildman–Crippen LogP) is 4.22. The van der Waals surface area contributed by atoms with Crippen molar-refractivity contribution < 1.29 is 9.39 Å². The molecular weight excluding hydrogens is 285 g/mol. The summed E-state index contributed by atoms with van der Waals surface area (Å²) < 4.78 is 11.5. The first-order valence-electron chi connectivity index (χ1n) is 8.51. The lowest BCUT2D eigenvalue weighted by molar-refractivity contribution is 0.214. The van der Waals surface area contributed by atoms with E-state index >= 15 is 0 Å². The number of allylic oxidation sites excluding steroid dienone is 1. The lowest BCUT2D eigenvalue weighted by atomic mass is 9.48. The molecule has 2 aliphatic rings. The molecule has 4 heteroatoms. The third kappa shape index (κ3) is 3.27. The highest BCUT2D eigenvalue weighted by molar-refractivity contribution is 6.53. The SMILES string of the molecule is COCC1=CC2CB(Oc3ccc4ccccc4n3)CC(C1)C2. The van der Waals surface area contributed by atoms with E-state index in [-0.39, 0.29) is 6.92 Å². The van der Waals surface area contributed by atoms with E-state index in [1.54, 1.807) is 7.11 Å². The summed E-state index contributed by atoms with van der Waals surface area (Å²) in [5.41, 5.74) is 2.47. The second kappa shape index (κ2) is 6.36. The summed E-state index contributed by atoms with van der Waals surface area (Å²) in [5, 5.41) is 1.16. The molecule has 0 radical (unpaired) electrons. The third-order valence-electron chi connectivity index (χ3n) is 5.01. The number of ether oxygens (including phenoxy) is 1. The Morgan fingerprint density at radius 3 is 2.96 bits per heavy atom. The van der Waals surface area contributed by atoms with E-state index in [9.17, 15) is 0 Å². The van der Waals surface area contributed by atoms with Crippen LogP contribution < -0.4 is 4.65 Å². The zero-order chi connectivity index (χ0) is 15.6. The van der Waals surface area contributed by atoms with Gasteiger partial charge in [-0.15, -0.1) is 0 Å². The molecular formula is C19H22BNO2. The van der Waals surface area contributed by atoms with Crippen LogP contribution in [0.1, 0.15) is 12.8 Å². The van der Waals surface area contributed by atoms with Gasteiger partial charge in [-0.3, -0.25) is 0 Å². The number of para-hydroxylation sites is 1. The molecule has 1 fully saturated rings. The lowest BCUT2D eigenvalue weighted by Crippen LogP contribution is -2.35. The molecule has 2 atom stereocenters. The highest BCUT2D eigenvalue weighted by Crippen LogP contribution is 2.40. The number of fused-ring (bicyclic) bond motifs is 3. The van der Waals surface area contributed by atoms with Crippen molar-refractivity contribution in [3.63, 3.8) is 0 Å². The van der Waals surface area contributed by atoms with Crippen molar-refractivity contribution in [1.29, 1.82) is 0 Å². The standard InChI is InChI=1S/C19H22BNO2/c1-22-13-16-9-14-8-15(10-16)12-20(11-14)23-19-7-6-17-4-2-3-5-18(17)21-19/h2-7,9,14-15H,8,10-13H2,1H3. The van der Waals surface area contributed by atoms with Gasteiger partial charge in [0.25, 0.3) is 0 Å². The van der Waals surface area contributed by atoms with Crippen LogP contribution in [0.3, 0.4) is 0 Å². The summed E-state index contributed by atoms with van der Waals surface area (Å²) in [4.78, 5) is 4.65. The van der Waals surface area contributed by atoms with Gasteiger partial charge in [0.2, 0.25) is 0 Å². The molecule has 23 heavy (non-hydrogen) atoms. The molecule has 0 N–H and O–H groups in total. The van der Waals surface area contributed by atoms with Gasteiger partial charge in [0.1, 0.15) is 0 Å². The summed E-state index contributed by atoms with van der Waals surface area (Å²) in [7, 11) is 1.78. The van der Waals surface area contributed by atoms with Crippen molar-refractivity contribution >= 4 is 17.8 Å². The molecule has 1 aliphatic heterocycles. The van der Waals surface area contributed by atoms with Gasteiger partial charge in [-0.2, -0.15) is 0 Å². The maximum absolute atomic E-state index is 6.22. The molecule has 4 rings (SSSR count). The van der Waals surface area contributed by atoms with E-state index in [4.69, 9.17) is 9.39 Å². The van der Waals surface area contributed by atoms with Crippen LogP contribution in [0.2, 0.25) is 12.6 Å². The van der Waals surface area contributed by atoms with Crippen LogP contribution in [0.25, 0.3) is 10.9 Å². The van der Waals surface area contributed by atoms with Crippen molar-refractivity contribution in [3.8, 4) is 5.88 Å². The first kappa shape index (κ1) is 14.8. The van der Waals surface area contributed by atoms with Gasteiger partial charge < -0.3 is 9.39 Å². The largest absolute Gasteiger partial charge is 0.548 e. The molecule has 1 aromatic heterocycles. The Balaban J connectivity index is 1.47. The minimum absolute atomic E-state index is 0.285. The summed E-state index contributed by atoms with van der Waals surface area (Å²) >= 11 is 0. The van der Waals surface area contributed by atoms with Gasteiger partial charge in [0.15, 0.2) is 5.88 Å². The maximum Gasteiger partial charge on any atom is 0.360 e. The number of benzene rings is 1. The van der Waals surface area contributed by atoms with Crippen molar-refractivity contribution in [3.05, 3.63) is 48.0 Å². The number of nitrogens with zero attached hydrogens (tertiary/aromatic N) is 1. The fourth-order valence-electron chi connectivity index (χ4n) is 4.17. The normalized spacial score (nSPS) is 23.7. The molecule has 2 aromatic rings. The van der Waals surface area contributed by atoms with Crippen LogP contribution in [0, 0.1) is 11.8 Å². The number of methoxy groups -OCH3 is 1. The van der Waals surface area contributed by atoms with Crippen LogP contribution in [-0.2, 0) is 4.74 Å². The Morgan fingerprint density at radius 1 is 1.17 bits per heavy atom. The van der Waals surface area contributed by atoms with Gasteiger partial charge in [0, 0.05) is 12.5 Å². The number of aromatic nitrogens is 1. The Bertz CT molecular complexity index is 730. The van der Waals surface area contributed by atoms with Crippen LogP contribution in [0.5, 0.6) is 5.88 Å². The molecule has 1 aromatic carbocycles. The molecule has 2 bridgehead atoms. The van der Waals surface area contributed by atoms with Crippen molar-refractivity contribution in [1.82, 2.24) is 4.98 Å². The van der Waals surface area contributed by atoms with Gasteiger partial charge in [-0.25, -0.2) is 4.98 Å². The minimum Gasteiger partial charge on any atom is -0.548 e. The maximum atomic E-state index is 6.22. The Labute approximate surface area is 137 Å². The van der Waals surface area contributed by atoms with Crippen LogP contribution in [-0.4, -0.2) is 25.6 Å². The van der Waals surface area contributed by atoms with Gasteiger partial charge in [-0.1, -0.05) is 24.3 Å². The number of rotatable bonds is 4. The average molecular weight is 307 g/mol. The van der Waals surface area contributed by atoms with E-state index in [1.807, 2.05) is 24.3 Å². The smallest absolute Gasteiger partial charge is 0.360 e. The summed E-state index contributed by atoms with van der Waals surface area (Å²) in [6, 6.07) is 12.3. The number of hydrogen-bond donors (Lipinski definition) is 0. The second-order valence-corrected chi connectivity index (χ2v) is 6.88. The van der Waals surface area contributed by atoms with Gasteiger partial charge in [0.05, 0.1) is 12.1 Å². The van der Waals surface area contributed by atoms with Crippen molar-refractivity contribution in [2.75, 3.05) is 13.7 Å². The molecule has 0 amide bonds. The molecule has 0 spiro atoms.